The van der Waals surface area contributed by atoms with Crippen molar-refractivity contribution in [3.05, 3.63) is 22.4 Å². The van der Waals surface area contributed by atoms with E-state index >= 15 is 0 Å². The van der Waals surface area contributed by atoms with E-state index in [2.05, 4.69) is 5.32 Å². The monoisotopic (exact) mass is 295 g/mol. The zero-order chi connectivity index (χ0) is 14.4. The van der Waals surface area contributed by atoms with Crippen LogP contribution in [0.5, 0.6) is 0 Å². The predicted molar refractivity (Wildman–Crippen MR) is 79.7 cm³/mol. The number of nitrogens with one attached hydrogen (secondary N) is 1. The smallest absolute Gasteiger partial charge is 0.264 e. The summed E-state index contributed by atoms with van der Waals surface area (Å²) in [5.41, 5.74) is 5.42. The van der Waals surface area contributed by atoms with E-state index in [1.54, 1.807) is 4.90 Å². The molecule has 1 fully saturated rings. The van der Waals surface area contributed by atoms with Crippen LogP contribution in [0.4, 0.5) is 0 Å². The zero-order valence-electron chi connectivity index (χ0n) is 11.5. The molecule has 0 spiro atoms. The molecule has 1 atom stereocenters. The Morgan fingerprint density at radius 3 is 3.00 bits per heavy atom. The van der Waals surface area contributed by atoms with E-state index in [0.29, 0.717) is 24.5 Å². The van der Waals surface area contributed by atoms with E-state index in [-0.39, 0.29) is 17.9 Å². The highest BCUT2D eigenvalue weighted by Crippen LogP contribution is 2.21. The summed E-state index contributed by atoms with van der Waals surface area (Å²) in [6.07, 6.45) is 3.45. The molecule has 6 heteroatoms. The van der Waals surface area contributed by atoms with Gasteiger partial charge >= 0.3 is 0 Å². The summed E-state index contributed by atoms with van der Waals surface area (Å²) in [7, 11) is 0. The van der Waals surface area contributed by atoms with Gasteiger partial charge < -0.3 is 16.0 Å². The molecule has 0 aliphatic carbocycles. The standard InChI is InChI=1S/C14H21N3O2S/c15-7-4-8-16-13(18)11-5-1-2-9-17(11)14(19)12-6-3-10-20-12/h3,6,10-11H,1-2,4-5,7-9,15H2,(H,16,18). The zero-order valence-corrected chi connectivity index (χ0v) is 12.3. The summed E-state index contributed by atoms with van der Waals surface area (Å²) in [4.78, 5) is 27.1. The molecule has 20 heavy (non-hydrogen) atoms. The van der Waals surface area contributed by atoms with Gasteiger partial charge in [-0.1, -0.05) is 6.07 Å². The maximum atomic E-state index is 12.4. The number of amides is 2. The van der Waals surface area contributed by atoms with Crippen molar-refractivity contribution in [3.8, 4) is 0 Å². The van der Waals surface area contributed by atoms with Crippen LogP contribution >= 0.6 is 11.3 Å². The summed E-state index contributed by atoms with van der Waals surface area (Å²) in [5, 5.41) is 4.76. The van der Waals surface area contributed by atoms with Crippen molar-refractivity contribution in [2.45, 2.75) is 31.7 Å². The van der Waals surface area contributed by atoms with Crippen LogP contribution in [0.1, 0.15) is 35.4 Å². The summed E-state index contributed by atoms with van der Waals surface area (Å²) in [6, 6.07) is 3.33. The molecule has 1 saturated heterocycles. The lowest BCUT2D eigenvalue weighted by atomic mass is 10.0. The van der Waals surface area contributed by atoms with Crippen LogP contribution in [0.25, 0.3) is 0 Å². The summed E-state index contributed by atoms with van der Waals surface area (Å²) < 4.78 is 0. The fourth-order valence-corrected chi connectivity index (χ4v) is 3.10. The van der Waals surface area contributed by atoms with Crippen molar-refractivity contribution in [2.75, 3.05) is 19.6 Å². The maximum absolute atomic E-state index is 12.4. The summed E-state index contributed by atoms with van der Waals surface area (Å²) in [5.74, 6) is -0.0817. The van der Waals surface area contributed by atoms with Gasteiger partial charge in [-0.05, 0) is 43.7 Å². The second-order valence-electron chi connectivity index (χ2n) is 4.92. The number of carbonyl (C=O) groups excluding carboxylic acids is 2. The number of rotatable bonds is 5. The maximum Gasteiger partial charge on any atom is 0.264 e. The highest BCUT2D eigenvalue weighted by Gasteiger charge is 2.32. The molecule has 0 aromatic carbocycles. The summed E-state index contributed by atoms with van der Waals surface area (Å²) in [6.45, 7) is 1.79. The molecule has 1 aliphatic heterocycles. The normalized spacial score (nSPS) is 18.9. The Balaban J connectivity index is 2.01. The Bertz CT molecular complexity index is 447. The minimum atomic E-state index is -0.337. The van der Waals surface area contributed by atoms with E-state index in [1.807, 2.05) is 17.5 Å². The van der Waals surface area contributed by atoms with Gasteiger partial charge in [0.15, 0.2) is 0 Å². The van der Waals surface area contributed by atoms with Crippen molar-refractivity contribution in [1.29, 1.82) is 0 Å². The first-order chi connectivity index (χ1) is 9.74. The number of hydrogen-bond acceptors (Lipinski definition) is 4. The fourth-order valence-electron chi connectivity index (χ4n) is 2.42. The molecule has 1 aliphatic rings. The van der Waals surface area contributed by atoms with Gasteiger partial charge in [0, 0.05) is 13.1 Å². The van der Waals surface area contributed by atoms with Gasteiger partial charge in [-0.15, -0.1) is 11.3 Å². The third-order valence-electron chi connectivity index (χ3n) is 3.48. The molecular weight excluding hydrogens is 274 g/mol. The molecule has 1 aromatic rings. The molecule has 1 unspecified atom stereocenters. The van der Waals surface area contributed by atoms with Crippen molar-refractivity contribution in [2.24, 2.45) is 5.73 Å². The predicted octanol–water partition coefficient (Wildman–Crippen LogP) is 1.21. The lowest BCUT2D eigenvalue weighted by Gasteiger charge is -2.34. The van der Waals surface area contributed by atoms with Crippen molar-refractivity contribution in [1.82, 2.24) is 10.2 Å². The van der Waals surface area contributed by atoms with E-state index in [0.717, 1.165) is 25.7 Å². The second kappa shape index (κ2) is 7.40. The first-order valence-corrected chi connectivity index (χ1v) is 7.94. The van der Waals surface area contributed by atoms with Crippen LogP contribution in [0.3, 0.4) is 0 Å². The Hall–Kier alpha value is -1.40. The molecule has 110 valence electrons. The van der Waals surface area contributed by atoms with Crippen LogP contribution in [0.2, 0.25) is 0 Å². The van der Waals surface area contributed by atoms with Gasteiger partial charge in [0.2, 0.25) is 5.91 Å². The first kappa shape index (κ1) is 15.0. The average Bonchev–Trinajstić information content (AvgIpc) is 3.01. The van der Waals surface area contributed by atoms with Gasteiger partial charge in [-0.3, -0.25) is 9.59 Å². The molecule has 5 nitrogen and oxygen atoms in total. The number of nitrogens with zero attached hydrogens (tertiary/aromatic N) is 1. The van der Waals surface area contributed by atoms with Crippen molar-refractivity contribution < 1.29 is 9.59 Å². The Labute approximate surface area is 123 Å². The molecule has 2 amide bonds. The molecule has 0 saturated carbocycles. The van der Waals surface area contributed by atoms with Crippen LogP contribution < -0.4 is 11.1 Å². The molecular formula is C14H21N3O2S. The van der Waals surface area contributed by atoms with Gasteiger partial charge in [0.25, 0.3) is 5.91 Å². The molecule has 2 rings (SSSR count). The van der Waals surface area contributed by atoms with Crippen molar-refractivity contribution >= 4 is 23.2 Å². The topological polar surface area (TPSA) is 75.4 Å². The third kappa shape index (κ3) is 3.58. The Morgan fingerprint density at radius 2 is 2.30 bits per heavy atom. The van der Waals surface area contributed by atoms with Crippen LogP contribution in [0.15, 0.2) is 17.5 Å². The number of thiophene rings is 1. The molecule has 2 heterocycles. The van der Waals surface area contributed by atoms with Crippen LogP contribution in [-0.4, -0.2) is 42.4 Å². The number of carbonyl (C=O) groups is 2. The van der Waals surface area contributed by atoms with E-state index in [9.17, 15) is 9.59 Å². The van der Waals surface area contributed by atoms with E-state index < -0.39 is 0 Å². The first-order valence-electron chi connectivity index (χ1n) is 7.06. The van der Waals surface area contributed by atoms with Crippen LogP contribution in [-0.2, 0) is 4.79 Å². The van der Waals surface area contributed by atoms with E-state index in [1.165, 1.54) is 11.3 Å². The second-order valence-corrected chi connectivity index (χ2v) is 5.87. The molecule has 1 aromatic heterocycles. The fraction of sp³-hybridized carbons (Fsp3) is 0.571. The largest absolute Gasteiger partial charge is 0.354 e. The molecule has 0 radical (unpaired) electrons. The SMILES string of the molecule is NCCCNC(=O)C1CCCCN1C(=O)c1cccs1. The van der Waals surface area contributed by atoms with Gasteiger partial charge in [-0.25, -0.2) is 0 Å². The number of hydrogen-bond donors (Lipinski definition) is 2. The minimum absolute atomic E-state index is 0.0290. The number of likely N-dealkylation sites (tertiary alicyclic amines) is 1. The Morgan fingerprint density at radius 1 is 1.45 bits per heavy atom. The van der Waals surface area contributed by atoms with Gasteiger partial charge in [0.05, 0.1) is 4.88 Å². The third-order valence-corrected chi connectivity index (χ3v) is 4.34. The summed E-state index contributed by atoms with van der Waals surface area (Å²) >= 11 is 1.42. The van der Waals surface area contributed by atoms with Gasteiger partial charge in [0.1, 0.15) is 6.04 Å². The lowest BCUT2D eigenvalue weighted by Crippen LogP contribution is -2.52. The number of nitrogens with two attached hydrogens (primary N) is 1. The molecule has 0 bridgehead atoms. The Kier molecular flexibility index (Phi) is 5.55. The van der Waals surface area contributed by atoms with E-state index in [4.69, 9.17) is 5.73 Å². The highest BCUT2D eigenvalue weighted by atomic mass is 32.1. The average molecular weight is 295 g/mol. The van der Waals surface area contributed by atoms with Gasteiger partial charge in [-0.2, -0.15) is 0 Å². The van der Waals surface area contributed by atoms with Crippen LogP contribution in [0, 0.1) is 0 Å². The molecule has 3 N–H and O–H groups in total. The quantitative estimate of drug-likeness (QED) is 0.802. The highest BCUT2D eigenvalue weighted by molar-refractivity contribution is 7.12. The van der Waals surface area contributed by atoms with Crippen molar-refractivity contribution in [3.63, 3.8) is 0 Å². The number of piperidine rings is 1. The minimum Gasteiger partial charge on any atom is -0.354 e. The lowest BCUT2D eigenvalue weighted by molar-refractivity contribution is -0.126.